The number of halogens is 2. The summed E-state index contributed by atoms with van der Waals surface area (Å²) < 4.78 is 25.0. The zero-order chi connectivity index (χ0) is 16.6. The Balaban J connectivity index is 1.75. The molecule has 1 heterocycles. The highest BCUT2D eigenvalue weighted by atomic mass is 19.3. The van der Waals surface area contributed by atoms with Crippen molar-refractivity contribution in [3.8, 4) is 0 Å². The van der Waals surface area contributed by atoms with E-state index < -0.39 is 17.9 Å². The molecule has 6 heteroatoms. The number of nitrogens with zero attached hydrogens (tertiary/aromatic N) is 1. The predicted molar refractivity (Wildman–Crippen MR) is 80.3 cm³/mol. The number of rotatable bonds is 3. The van der Waals surface area contributed by atoms with Crippen LogP contribution >= 0.6 is 0 Å². The van der Waals surface area contributed by atoms with Gasteiger partial charge in [0.1, 0.15) is 11.9 Å². The molecule has 1 saturated heterocycles. The molecule has 0 bridgehead atoms. The molecule has 2 aliphatic rings. The van der Waals surface area contributed by atoms with E-state index in [1.165, 1.54) is 12.1 Å². The van der Waals surface area contributed by atoms with E-state index in [1.54, 1.807) is 17.0 Å². The number of ketones is 1. The molecule has 1 aromatic carbocycles. The van der Waals surface area contributed by atoms with Gasteiger partial charge in [0.25, 0.3) is 6.43 Å². The third-order valence-electron chi connectivity index (χ3n) is 5.06. The van der Waals surface area contributed by atoms with Gasteiger partial charge in [-0.05, 0) is 37.0 Å². The van der Waals surface area contributed by atoms with Crippen LogP contribution in [0.1, 0.15) is 43.8 Å². The van der Waals surface area contributed by atoms with Crippen molar-refractivity contribution < 1.29 is 23.5 Å². The van der Waals surface area contributed by atoms with Gasteiger partial charge in [0, 0.05) is 25.1 Å². The number of hydrogen-bond donors (Lipinski definition) is 1. The molecule has 1 spiro atoms. The van der Waals surface area contributed by atoms with Crippen LogP contribution in [-0.4, -0.2) is 29.8 Å². The molecule has 124 valence electrons. The molecular formula is C17H19F2NO3. The van der Waals surface area contributed by atoms with E-state index in [0.717, 1.165) is 6.42 Å². The van der Waals surface area contributed by atoms with Gasteiger partial charge in [-0.2, -0.15) is 0 Å². The lowest BCUT2D eigenvalue weighted by molar-refractivity contribution is -0.130. The lowest BCUT2D eigenvalue weighted by Gasteiger charge is -2.31. The van der Waals surface area contributed by atoms with Crippen LogP contribution < -0.4 is 4.90 Å². The fourth-order valence-electron chi connectivity index (χ4n) is 3.54. The summed E-state index contributed by atoms with van der Waals surface area (Å²) in [6, 6.07) is 6.03. The Morgan fingerprint density at radius 1 is 1.04 bits per heavy atom. The molecule has 4 nitrogen and oxygen atoms in total. The van der Waals surface area contributed by atoms with E-state index in [-0.39, 0.29) is 17.3 Å². The summed E-state index contributed by atoms with van der Waals surface area (Å²) >= 11 is 0. The van der Waals surface area contributed by atoms with Gasteiger partial charge in [-0.3, -0.25) is 9.59 Å². The van der Waals surface area contributed by atoms with Gasteiger partial charge in [0.05, 0.1) is 5.41 Å². The Bertz CT molecular complexity index is 605. The highest BCUT2D eigenvalue weighted by Gasteiger charge is 2.48. The van der Waals surface area contributed by atoms with Crippen molar-refractivity contribution in [1.29, 1.82) is 0 Å². The first-order valence-electron chi connectivity index (χ1n) is 7.83. The van der Waals surface area contributed by atoms with Crippen molar-refractivity contribution in [3.05, 3.63) is 29.8 Å². The highest BCUT2D eigenvalue weighted by molar-refractivity contribution is 6.01. The zero-order valence-corrected chi connectivity index (χ0v) is 12.7. The second-order valence-electron chi connectivity index (χ2n) is 6.40. The molecule has 1 atom stereocenters. The molecule has 1 aromatic rings. The molecule has 1 aliphatic carbocycles. The highest BCUT2D eigenvalue weighted by Crippen LogP contribution is 2.45. The molecule has 1 N–H and O–H groups in total. The normalized spacial score (nSPS) is 22.2. The van der Waals surface area contributed by atoms with Gasteiger partial charge in [-0.15, -0.1) is 0 Å². The van der Waals surface area contributed by atoms with E-state index in [2.05, 4.69) is 0 Å². The monoisotopic (exact) mass is 323 g/mol. The average molecular weight is 323 g/mol. The topological polar surface area (TPSA) is 57.6 Å². The number of aliphatic hydroxyl groups is 1. The first-order valence-corrected chi connectivity index (χ1v) is 7.83. The summed E-state index contributed by atoms with van der Waals surface area (Å²) in [5.41, 5.74) is 0.345. The van der Waals surface area contributed by atoms with Crippen molar-refractivity contribution in [2.24, 2.45) is 5.41 Å². The molecule has 3 rings (SSSR count). The van der Waals surface area contributed by atoms with E-state index in [9.17, 15) is 23.5 Å². The SMILES string of the molecule is O=C1CCC2(CC1)CCN(c1ccc(C(O)C(F)F)cc1)C2=O. The van der Waals surface area contributed by atoms with E-state index in [1.807, 2.05) is 0 Å². The summed E-state index contributed by atoms with van der Waals surface area (Å²) in [5, 5.41) is 9.37. The van der Waals surface area contributed by atoms with Gasteiger partial charge in [-0.1, -0.05) is 12.1 Å². The molecule has 1 saturated carbocycles. The Morgan fingerprint density at radius 3 is 2.22 bits per heavy atom. The molecule has 1 unspecified atom stereocenters. The Kier molecular flexibility index (Phi) is 4.19. The van der Waals surface area contributed by atoms with Crippen LogP contribution in [0.2, 0.25) is 0 Å². The van der Waals surface area contributed by atoms with Gasteiger partial charge in [0.2, 0.25) is 5.91 Å². The maximum atomic E-state index is 12.8. The van der Waals surface area contributed by atoms with Crippen molar-refractivity contribution in [2.45, 2.75) is 44.6 Å². The van der Waals surface area contributed by atoms with Crippen LogP contribution in [0.4, 0.5) is 14.5 Å². The number of benzene rings is 1. The van der Waals surface area contributed by atoms with Gasteiger partial charge >= 0.3 is 0 Å². The van der Waals surface area contributed by atoms with Gasteiger partial charge in [0.15, 0.2) is 0 Å². The number of alkyl halides is 2. The third kappa shape index (κ3) is 2.87. The molecular weight excluding hydrogens is 304 g/mol. The Labute approximate surface area is 133 Å². The second kappa shape index (κ2) is 6.00. The second-order valence-corrected chi connectivity index (χ2v) is 6.40. The van der Waals surface area contributed by atoms with E-state index in [0.29, 0.717) is 37.9 Å². The quantitative estimate of drug-likeness (QED) is 0.930. The maximum absolute atomic E-state index is 12.8. The van der Waals surface area contributed by atoms with Crippen LogP contribution in [0.3, 0.4) is 0 Å². The van der Waals surface area contributed by atoms with Crippen molar-refractivity contribution in [3.63, 3.8) is 0 Å². The minimum Gasteiger partial charge on any atom is -0.382 e. The summed E-state index contributed by atoms with van der Waals surface area (Å²) in [4.78, 5) is 25.8. The molecule has 0 radical (unpaired) electrons. The number of anilines is 1. The summed E-state index contributed by atoms with van der Waals surface area (Å²) in [7, 11) is 0. The Morgan fingerprint density at radius 2 is 1.65 bits per heavy atom. The number of Topliss-reactive ketones (excluding diaryl/α,β-unsaturated/α-hetero) is 1. The number of carbonyl (C=O) groups excluding carboxylic acids is 2. The zero-order valence-electron chi connectivity index (χ0n) is 12.7. The van der Waals surface area contributed by atoms with Crippen molar-refractivity contribution >= 4 is 17.4 Å². The van der Waals surface area contributed by atoms with Crippen LogP contribution in [0, 0.1) is 5.41 Å². The fourth-order valence-corrected chi connectivity index (χ4v) is 3.54. The number of hydrogen-bond acceptors (Lipinski definition) is 3. The number of carbonyl (C=O) groups is 2. The maximum Gasteiger partial charge on any atom is 0.268 e. The fraction of sp³-hybridized carbons (Fsp3) is 0.529. The smallest absolute Gasteiger partial charge is 0.268 e. The minimum absolute atomic E-state index is 0.0205. The average Bonchev–Trinajstić information content (AvgIpc) is 2.87. The third-order valence-corrected chi connectivity index (χ3v) is 5.06. The van der Waals surface area contributed by atoms with Crippen LogP contribution in [0.5, 0.6) is 0 Å². The Hall–Kier alpha value is -1.82. The number of amides is 1. The van der Waals surface area contributed by atoms with Gasteiger partial charge in [-0.25, -0.2) is 8.78 Å². The van der Waals surface area contributed by atoms with Crippen molar-refractivity contribution in [2.75, 3.05) is 11.4 Å². The summed E-state index contributed by atoms with van der Waals surface area (Å²) in [6.07, 6.45) is -1.81. The standard InChI is InChI=1S/C17H19F2NO3/c18-15(19)14(22)11-1-3-12(4-2-11)20-10-9-17(16(20)23)7-5-13(21)6-8-17/h1-4,14-15,22H,5-10H2. The number of aliphatic hydroxyl groups excluding tert-OH is 1. The molecule has 2 fully saturated rings. The molecule has 1 amide bonds. The lowest BCUT2D eigenvalue weighted by Crippen LogP contribution is -2.37. The van der Waals surface area contributed by atoms with Crippen LogP contribution in [-0.2, 0) is 9.59 Å². The first-order chi connectivity index (χ1) is 10.9. The van der Waals surface area contributed by atoms with Crippen molar-refractivity contribution in [1.82, 2.24) is 0 Å². The van der Waals surface area contributed by atoms with Gasteiger partial charge < -0.3 is 10.0 Å². The van der Waals surface area contributed by atoms with Crippen LogP contribution in [0.25, 0.3) is 0 Å². The van der Waals surface area contributed by atoms with Crippen LogP contribution in [0.15, 0.2) is 24.3 Å². The molecule has 0 aromatic heterocycles. The van der Waals surface area contributed by atoms with E-state index in [4.69, 9.17) is 0 Å². The van der Waals surface area contributed by atoms with E-state index >= 15 is 0 Å². The summed E-state index contributed by atoms with van der Waals surface area (Å²) in [6.45, 7) is 0.573. The summed E-state index contributed by atoms with van der Waals surface area (Å²) in [5.74, 6) is 0.236. The first kappa shape index (κ1) is 16.1. The minimum atomic E-state index is -2.84. The largest absolute Gasteiger partial charge is 0.382 e. The molecule has 1 aliphatic heterocycles. The molecule has 23 heavy (non-hydrogen) atoms. The lowest BCUT2D eigenvalue weighted by atomic mass is 9.72. The predicted octanol–water partition coefficient (Wildman–Crippen LogP) is 2.85.